The van der Waals surface area contributed by atoms with Crippen molar-refractivity contribution in [3.8, 4) is 0 Å². The molecule has 0 aromatic carbocycles. The van der Waals surface area contributed by atoms with E-state index in [0.717, 1.165) is 0 Å². The molecule has 0 N–H and O–H groups in total. The Bertz CT molecular complexity index is 409. The van der Waals surface area contributed by atoms with Crippen molar-refractivity contribution in [1.82, 2.24) is 0 Å². The minimum Gasteiger partial charge on any atom is -0.489 e. The lowest BCUT2D eigenvalue weighted by molar-refractivity contribution is -0.121. The smallest absolute Gasteiger partial charge is 0.228 e. The first-order chi connectivity index (χ1) is 7.58. The van der Waals surface area contributed by atoms with E-state index < -0.39 is 0 Å². The average molecular weight is 222 g/mol. The summed E-state index contributed by atoms with van der Waals surface area (Å²) in [5.41, 5.74) is 0.806. The van der Waals surface area contributed by atoms with E-state index in [1.807, 2.05) is 0 Å². The molecule has 0 spiro atoms. The summed E-state index contributed by atoms with van der Waals surface area (Å²) in [6.45, 7) is 5.15. The molecule has 16 heavy (non-hydrogen) atoms. The molecule has 4 nitrogen and oxygen atoms in total. The van der Waals surface area contributed by atoms with Crippen molar-refractivity contribution in [3.63, 3.8) is 0 Å². The molecule has 1 aliphatic carbocycles. The fraction of sp³-hybridized carbons (Fsp3) is 0.333. The van der Waals surface area contributed by atoms with Crippen molar-refractivity contribution < 1.29 is 19.1 Å². The first-order valence-corrected chi connectivity index (χ1v) is 4.80. The number of Topliss-reactive ketones (excluding diaryl/α,β-unsaturated/α-hetero) is 2. The van der Waals surface area contributed by atoms with Crippen LogP contribution in [0.4, 0.5) is 0 Å². The predicted molar refractivity (Wildman–Crippen MR) is 58.6 cm³/mol. The normalized spacial score (nSPS) is 16.7. The molecular weight excluding hydrogens is 208 g/mol. The first-order valence-electron chi connectivity index (χ1n) is 4.80. The van der Waals surface area contributed by atoms with Gasteiger partial charge in [0.1, 0.15) is 0 Å². The molecule has 0 atom stereocenters. The van der Waals surface area contributed by atoms with Crippen LogP contribution >= 0.6 is 0 Å². The summed E-state index contributed by atoms with van der Waals surface area (Å²) in [6, 6.07) is 0. The molecule has 0 unspecified atom stereocenters. The standard InChI is InChI=1S/C12H14O4/c1-5-6-8-7(2)9(13)11(15-3)12(16-4)10(8)14/h5H,1,6H2,2-4H3. The van der Waals surface area contributed by atoms with Gasteiger partial charge in [-0.05, 0) is 13.3 Å². The fourth-order valence-corrected chi connectivity index (χ4v) is 1.58. The number of methoxy groups -OCH3 is 2. The molecule has 0 saturated carbocycles. The Balaban J connectivity index is 3.30. The summed E-state index contributed by atoms with van der Waals surface area (Å²) >= 11 is 0. The summed E-state index contributed by atoms with van der Waals surface area (Å²) in [6.07, 6.45) is 1.93. The van der Waals surface area contributed by atoms with Crippen molar-refractivity contribution in [2.75, 3.05) is 14.2 Å². The predicted octanol–water partition coefficient (Wildman–Crippen LogP) is 1.54. The van der Waals surface area contributed by atoms with Crippen LogP contribution in [0.5, 0.6) is 0 Å². The van der Waals surface area contributed by atoms with Gasteiger partial charge in [0.25, 0.3) is 0 Å². The molecule has 0 bridgehead atoms. The molecule has 1 aliphatic rings. The van der Waals surface area contributed by atoms with E-state index in [9.17, 15) is 9.59 Å². The van der Waals surface area contributed by atoms with E-state index in [-0.39, 0.29) is 23.1 Å². The fourth-order valence-electron chi connectivity index (χ4n) is 1.58. The van der Waals surface area contributed by atoms with Crippen LogP contribution in [-0.2, 0) is 19.1 Å². The van der Waals surface area contributed by atoms with Gasteiger partial charge < -0.3 is 9.47 Å². The third kappa shape index (κ3) is 1.78. The number of carbonyl (C=O) groups is 2. The van der Waals surface area contributed by atoms with Gasteiger partial charge >= 0.3 is 0 Å². The molecule has 86 valence electrons. The Labute approximate surface area is 94.2 Å². The van der Waals surface area contributed by atoms with E-state index in [0.29, 0.717) is 17.6 Å². The van der Waals surface area contributed by atoms with Gasteiger partial charge in [-0.25, -0.2) is 0 Å². The van der Waals surface area contributed by atoms with Crippen LogP contribution in [0.1, 0.15) is 13.3 Å². The van der Waals surface area contributed by atoms with Crippen molar-refractivity contribution in [1.29, 1.82) is 0 Å². The van der Waals surface area contributed by atoms with E-state index in [4.69, 9.17) is 9.47 Å². The maximum Gasteiger partial charge on any atom is 0.228 e. The number of allylic oxidation sites excluding steroid dienone is 3. The molecule has 1 rings (SSSR count). The molecule has 0 aromatic rings. The second kappa shape index (κ2) is 4.79. The second-order valence-corrected chi connectivity index (χ2v) is 3.32. The van der Waals surface area contributed by atoms with Crippen LogP contribution in [0.15, 0.2) is 35.3 Å². The lowest BCUT2D eigenvalue weighted by atomic mass is 9.91. The minimum atomic E-state index is -0.309. The van der Waals surface area contributed by atoms with Crippen LogP contribution in [0.2, 0.25) is 0 Å². The molecule has 0 amide bonds. The summed E-state index contributed by atoms with van der Waals surface area (Å²) in [7, 11) is 2.68. The van der Waals surface area contributed by atoms with E-state index in [1.54, 1.807) is 13.0 Å². The second-order valence-electron chi connectivity index (χ2n) is 3.32. The zero-order valence-electron chi connectivity index (χ0n) is 9.62. The number of ketones is 2. The Morgan fingerprint density at radius 3 is 2.06 bits per heavy atom. The lowest BCUT2D eigenvalue weighted by Crippen LogP contribution is -2.24. The molecule has 0 saturated heterocycles. The highest BCUT2D eigenvalue weighted by atomic mass is 16.5. The Hall–Kier alpha value is -1.84. The highest BCUT2D eigenvalue weighted by molar-refractivity contribution is 6.23. The van der Waals surface area contributed by atoms with E-state index >= 15 is 0 Å². The van der Waals surface area contributed by atoms with Gasteiger partial charge in [0.05, 0.1) is 14.2 Å². The third-order valence-corrected chi connectivity index (χ3v) is 2.44. The van der Waals surface area contributed by atoms with Gasteiger partial charge in [-0.2, -0.15) is 0 Å². The van der Waals surface area contributed by atoms with E-state index in [2.05, 4.69) is 6.58 Å². The monoisotopic (exact) mass is 222 g/mol. The number of hydrogen-bond acceptors (Lipinski definition) is 4. The van der Waals surface area contributed by atoms with Crippen LogP contribution in [0.3, 0.4) is 0 Å². The number of hydrogen-bond donors (Lipinski definition) is 0. The number of rotatable bonds is 4. The van der Waals surface area contributed by atoms with Gasteiger partial charge in [0.2, 0.25) is 23.1 Å². The van der Waals surface area contributed by atoms with Gasteiger partial charge in [0, 0.05) is 11.1 Å². The maximum atomic E-state index is 12.0. The number of ether oxygens (including phenoxy) is 2. The lowest BCUT2D eigenvalue weighted by Gasteiger charge is -2.19. The molecule has 4 heteroatoms. The summed E-state index contributed by atoms with van der Waals surface area (Å²) in [5, 5.41) is 0. The average Bonchev–Trinajstić information content (AvgIpc) is 2.29. The summed E-state index contributed by atoms with van der Waals surface area (Å²) < 4.78 is 9.82. The van der Waals surface area contributed by atoms with Crippen molar-refractivity contribution in [3.05, 3.63) is 35.3 Å². The zero-order valence-corrected chi connectivity index (χ0v) is 9.62. The van der Waals surface area contributed by atoms with Crippen molar-refractivity contribution in [2.45, 2.75) is 13.3 Å². The highest BCUT2D eigenvalue weighted by Gasteiger charge is 2.33. The third-order valence-electron chi connectivity index (χ3n) is 2.44. The van der Waals surface area contributed by atoms with Gasteiger partial charge in [-0.1, -0.05) is 6.08 Å². The first kappa shape index (κ1) is 12.2. The van der Waals surface area contributed by atoms with Crippen molar-refractivity contribution in [2.24, 2.45) is 0 Å². The Kier molecular flexibility index (Phi) is 3.66. The molecular formula is C12H14O4. The van der Waals surface area contributed by atoms with Crippen LogP contribution in [0.25, 0.3) is 0 Å². The van der Waals surface area contributed by atoms with E-state index in [1.165, 1.54) is 14.2 Å². The van der Waals surface area contributed by atoms with Crippen LogP contribution in [0, 0.1) is 0 Å². The summed E-state index contributed by atoms with van der Waals surface area (Å²) in [5.74, 6) is -0.681. The molecule has 0 aliphatic heterocycles. The van der Waals surface area contributed by atoms with Gasteiger partial charge in [-0.15, -0.1) is 6.58 Å². The number of carbonyl (C=O) groups excluding carboxylic acids is 2. The molecule has 0 fully saturated rings. The van der Waals surface area contributed by atoms with Crippen LogP contribution < -0.4 is 0 Å². The maximum absolute atomic E-state index is 12.0. The highest BCUT2D eigenvalue weighted by Crippen LogP contribution is 2.27. The Morgan fingerprint density at radius 2 is 1.62 bits per heavy atom. The van der Waals surface area contributed by atoms with Gasteiger partial charge in [-0.3, -0.25) is 9.59 Å². The largest absolute Gasteiger partial charge is 0.489 e. The molecule has 0 aromatic heterocycles. The van der Waals surface area contributed by atoms with Crippen molar-refractivity contribution >= 4 is 11.6 Å². The topological polar surface area (TPSA) is 52.6 Å². The quantitative estimate of drug-likeness (QED) is 0.534. The summed E-state index contributed by atoms with van der Waals surface area (Å²) in [4.78, 5) is 23.8. The Morgan fingerprint density at radius 1 is 1.12 bits per heavy atom. The molecule has 0 radical (unpaired) electrons. The van der Waals surface area contributed by atoms with Gasteiger partial charge in [0.15, 0.2) is 0 Å². The van der Waals surface area contributed by atoms with Crippen LogP contribution in [-0.4, -0.2) is 25.8 Å². The molecule has 0 heterocycles. The SMILES string of the molecule is C=CCC1=C(C)C(=O)C(OC)=C(OC)C1=O. The zero-order chi connectivity index (χ0) is 12.3. The minimum absolute atomic E-state index is 0.0298.